The summed E-state index contributed by atoms with van der Waals surface area (Å²) in [6.07, 6.45) is -0.563. The number of hydrogen-bond donors (Lipinski definition) is 1. The van der Waals surface area contributed by atoms with Gasteiger partial charge in [0.1, 0.15) is 11.4 Å². The highest BCUT2D eigenvalue weighted by Crippen LogP contribution is 2.35. The van der Waals surface area contributed by atoms with Crippen LogP contribution in [0.2, 0.25) is 5.02 Å². The number of carbonyl (C=O) groups excluding carboxylic acids is 2. The molecule has 0 saturated carbocycles. The van der Waals surface area contributed by atoms with E-state index in [9.17, 15) is 9.59 Å². The monoisotopic (exact) mass is 388 g/mol. The summed E-state index contributed by atoms with van der Waals surface area (Å²) in [6, 6.07) is 12.5. The van der Waals surface area contributed by atoms with Crippen molar-refractivity contribution in [2.75, 3.05) is 16.8 Å². The van der Waals surface area contributed by atoms with Gasteiger partial charge in [0.05, 0.1) is 12.2 Å². The van der Waals surface area contributed by atoms with Gasteiger partial charge in [-0.3, -0.25) is 10.1 Å². The van der Waals surface area contributed by atoms with Crippen LogP contribution in [0, 0.1) is 0 Å². The number of fused-ring (bicyclic) bond motifs is 1. The molecule has 2 aromatic carbocycles. The summed E-state index contributed by atoms with van der Waals surface area (Å²) >= 11 is 6.04. The van der Waals surface area contributed by atoms with Crippen LogP contribution in [0.15, 0.2) is 42.5 Å². The summed E-state index contributed by atoms with van der Waals surface area (Å²) in [5.74, 6) is 0.406. The van der Waals surface area contributed by atoms with Crippen LogP contribution in [-0.4, -0.2) is 24.2 Å². The molecule has 1 aliphatic rings. The second-order valence-corrected chi connectivity index (χ2v) is 7.64. The minimum absolute atomic E-state index is 0.0353. The highest BCUT2D eigenvalue weighted by molar-refractivity contribution is 6.30. The number of nitrogens with one attached hydrogen (secondary N) is 1. The summed E-state index contributed by atoms with van der Waals surface area (Å²) in [7, 11) is 0. The van der Waals surface area contributed by atoms with E-state index in [4.69, 9.17) is 21.1 Å². The van der Waals surface area contributed by atoms with E-state index in [0.29, 0.717) is 28.7 Å². The Hall–Kier alpha value is -2.73. The lowest BCUT2D eigenvalue weighted by Gasteiger charge is -2.30. The first kappa shape index (κ1) is 19.0. The Morgan fingerprint density at radius 1 is 1.26 bits per heavy atom. The second kappa shape index (κ2) is 7.48. The molecule has 0 fully saturated rings. The number of carbonyl (C=O) groups is 2. The van der Waals surface area contributed by atoms with Crippen molar-refractivity contribution in [1.29, 1.82) is 0 Å². The number of rotatable bonds is 3. The molecule has 1 N–H and O–H groups in total. The van der Waals surface area contributed by atoms with Crippen molar-refractivity contribution in [2.24, 2.45) is 0 Å². The summed E-state index contributed by atoms with van der Waals surface area (Å²) < 4.78 is 10.8. The van der Waals surface area contributed by atoms with Gasteiger partial charge in [0.2, 0.25) is 0 Å². The molecule has 0 aliphatic carbocycles. The number of halogens is 1. The molecule has 1 heterocycles. The molecule has 3 rings (SSSR count). The third-order valence-corrected chi connectivity index (χ3v) is 4.01. The van der Waals surface area contributed by atoms with Crippen LogP contribution in [0.5, 0.6) is 5.75 Å². The highest BCUT2D eigenvalue weighted by Gasteiger charge is 2.26. The third-order valence-electron chi connectivity index (χ3n) is 3.78. The number of ether oxygens (including phenoxy) is 2. The predicted octanol–water partition coefficient (Wildman–Crippen LogP) is 4.61. The van der Waals surface area contributed by atoms with Crippen LogP contribution in [-0.2, 0) is 16.1 Å². The number of anilines is 2. The summed E-state index contributed by atoms with van der Waals surface area (Å²) in [4.78, 5) is 26.0. The van der Waals surface area contributed by atoms with Crippen LogP contribution in [0.25, 0.3) is 0 Å². The van der Waals surface area contributed by atoms with Crippen molar-refractivity contribution in [3.05, 3.63) is 53.1 Å². The lowest BCUT2D eigenvalue weighted by Crippen LogP contribution is -2.38. The van der Waals surface area contributed by atoms with Gasteiger partial charge >= 0.3 is 6.09 Å². The SMILES string of the molecule is CC(C)(C)OC(=O)Nc1ccc2c(c1)N(Cc1cccc(Cl)c1)C(=O)CO2. The van der Waals surface area contributed by atoms with Crippen LogP contribution in [0.3, 0.4) is 0 Å². The van der Waals surface area contributed by atoms with E-state index >= 15 is 0 Å². The summed E-state index contributed by atoms with van der Waals surface area (Å²) in [6.45, 7) is 5.69. The van der Waals surface area contributed by atoms with E-state index < -0.39 is 11.7 Å². The predicted molar refractivity (Wildman–Crippen MR) is 104 cm³/mol. The average molecular weight is 389 g/mol. The second-order valence-electron chi connectivity index (χ2n) is 7.21. The van der Waals surface area contributed by atoms with Gasteiger partial charge in [-0.05, 0) is 56.7 Å². The van der Waals surface area contributed by atoms with Crippen molar-refractivity contribution in [2.45, 2.75) is 32.9 Å². The molecule has 2 aromatic rings. The van der Waals surface area contributed by atoms with E-state index in [0.717, 1.165) is 5.56 Å². The maximum absolute atomic E-state index is 12.4. The Morgan fingerprint density at radius 2 is 2.04 bits per heavy atom. The molecular formula is C20H21ClN2O4. The Morgan fingerprint density at radius 3 is 2.74 bits per heavy atom. The average Bonchev–Trinajstić information content (AvgIpc) is 2.56. The molecule has 0 radical (unpaired) electrons. The molecule has 27 heavy (non-hydrogen) atoms. The number of amides is 2. The Balaban J connectivity index is 1.84. The van der Waals surface area contributed by atoms with Crippen molar-refractivity contribution in [3.8, 4) is 5.75 Å². The van der Waals surface area contributed by atoms with E-state index in [1.807, 2.05) is 18.2 Å². The van der Waals surface area contributed by atoms with Crippen molar-refractivity contribution >= 4 is 35.0 Å². The first-order valence-corrected chi connectivity index (χ1v) is 8.91. The van der Waals surface area contributed by atoms with Gasteiger partial charge < -0.3 is 14.4 Å². The first-order valence-electron chi connectivity index (χ1n) is 8.53. The minimum Gasteiger partial charge on any atom is -0.482 e. The topological polar surface area (TPSA) is 67.9 Å². The lowest BCUT2D eigenvalue weighted by atomic mass is 10.1. The minimum atomic E-state index is -0.601. The van der Waals surface area contributed by atoms with Crippen molar-refractivity contribution in [1.82, 2.24) is 0 Å². The standard InChI is InChI=1S/C20H21ClN2O4/c1-20(2,3)27-19(25)22-15-7-8-17-16(10-15)23(18(24)12-26-17)11-13-5-4-6-14(21)9-13/h4-10H,11-12H2,1-3H3,(H,22,25). The molecule has 0 saturated heterocycles. The Labute approximate surface area is 163 Å². The molecule has 1 aliphatic heterocycles. The van der Waals surface area contributed by atoms with Crippen LogP contribution >= 0.6 is 11.6 Å². The van der Waals surface area contributed by atoms with E-state index in [1.54, 1.807) is 49.9 Å². The van der Waals surface area contributed by atoms with Crippen LogP contribution in [0.1, 0.15) is 26.3 Å². The molecule has 6 nitrogen and oxygen atoms in total. The van der Waals surface area contributed by atoms with Gasteiger partial charge in [-0.25, -0.2) is 4.79 Å². The van der Waals surface area contributed by atoms with Crippen molar-refractivity contribution in [3.63, 3.8) is 0 Å². The highest BCUT2D eigenvalue weighted by atomic mass is 35.5. The third kappa shape index (κ3) is 4.92. The Bertz CT molecular complexity index is 877. The number of hydrogen-bond acceptors (Lipinski definition) is 4. The van der Waals surface area contributed by atoms with E-state index in [-0.39, 0.29) is 12.5 Å². The fourth-order valence-electron chi connectivity index (χ4n) is 2.69. The fraction of sp³-hybridized carbons (Fsp3) is 0.300. The summed E-state index contributed by atoms with van der Waals surface area (Å²) in [5, 5.41) is 3.29. The summed E-state index contributed by atoms with van der Waals surface area (Å²) in [5.41, 5.74) is 1.39. The maximum atomic E-state index is 12.4. The van der Waals surface area contributed by atoms with Gasteiger partial charge in [-0.2, -0.15) is 0 Å². The molecule has 0 bridgehead atoms. The van der Waals surface area contributed by atoms with Gasteiger partial charge in [0, 0.05) is 10.7 Å². The number of nitrogens with zero attached hydrogens (tertiary/aromatic N) is 1. The smallest absolute Gasteiger partial charge is 0.412 e. The van der Waals surface area contributed by atoms with Crippen LogP contribution in [0.4, 0.5) is 16.2 Å². The van der Waals surface area contributed by atoms with Gasteiger partial charge in [0.25, 0.3) is 5.91 Å². The molecule has 0 atom stereocenters. The molecule has 0 aromatic heterocycles. The zero-order valence-corrected chi connectivity index (χ0v) is 16.2. The molecule has 7 heteroatoms. The van der Waals surface area contributed by atoms with Crippen molar-refractivity contribution < 1.29 is 19.1 Å². The molecule has 2 amide bonds. The van der Waals surface area contributed by atoms with Crippen LogP contribution < -0.4 is 15.0 Å². The van der Waals surface area contributed by atoms with E-state index in [1.165, 1.54) is 0 Å². The molecule has 142 valence electrons. The zero-order chi connectivity index (χ0) is 19.6. The van der Waals surface area contributed by atoms with E-state index in [2.05, 4.69) is 5.32 Å². The quantitative estimate of drug-likeness (QED) is 0.833. The maximum Gasteiger partial charge on any atom is 0.412 e. The lowest BCUT2D eigenvalue weighted by molar-refractivity contribution is -0.121. The normalized spacial score (nSPS) is 13.6. The van der Waals surface area contributed by atoms with Gasteiger partial charge in [-0.1, -0.05) is 23.7 Å². The molecular weight excluding hydrogens is 368 g/mol. The fourth-order valence-corrected chi connectivity index (χ4v) is 2.91. The Kier molecular flexibility index (Phi) is 5.28. The van der Waals surface area contributed by atoms with Gasteiger partial charge in [0.15, 0.2) is 6.61 Å². The molecule has 0 spiro atoms. The first-order chi connectivity index (χ1) is 12.7. The van der Waals surface area contributed by atoms with Gasteiger partial charge in [-0.15, -0.1) is 0 Å². The largest absolute Gasteiger partial charge is 0.482 e. The molecule has 0 unspecified atom stereocenters. The number of benzene rings is 2. The zero-order valence-electron chi connectivity index (χ0n) is 15.4.